The Balaban J connectivity index is 1.42. The summed E-state index contributed by atoms with van der Waals surface area (Å²) < 4.78 is 5.96. The maximum absolute atomic E-state index is 12.3. The van der Waals surface area contributed by atoms with Gasteiger partial charge in [0, 0.05) is 24.5 Å². The van der Waals surface area contributed by atoms with E-state index in [9.17, 15) is 4.79 Å². The van der Waals surface area contributed by atoms with Crippen molar-refractivity contribution in [2.75, 3.05) is 36.9 Å². The van der Waals surface area contributed by atoms with Gasteiger partial charge in [0.05, 0.1) is 19.3 Å². The zero-order valence-electron chi connectivity index (χ0n) is 15.3. The maximum Gasteiger partial charge on any atom is 0.239 e. The number of carbonyl (C=O) groups is 1. The molecule has 1 fully saturated rings. The molecule has 1 heterocycles. The molecule has 2 atom stereocenters. The molecule has 25 heavy (non-hydrogen) atoms. The first kappa shape index (κ1) is 18.1. The third kappa shape index (κ3) is 4.66. The normalized spacial score (nSPS) is 23.2. The first-order chi connectivity index (χ1) is 12.1. The number of fused-ring (bicyclic) bond motifs is 1. The van der Waals surface area contributed by atoms with E-state index in [0.29, 0.717) is 31.7 Å². The summed E-state index contributed by atoms with van der Waals surface area (Å²) in [5.41, 5.74) is 9.18. The van der Waals surface area contributed by atoms with Gasteiger partial charge in [0.15, 0.2) is 0 Å². The summed E-state index contributed by atoms with van der Waals surface area (Å²) in [6.45, 7) is 4.74. The lowest BCUT2D eigenvalue weighted by Gasteiger charge is -2.31. The second-order valence-corrected chi connectivity index (χ2v) is 7.39. The number of nitrogens with zero attached hydrogens (tertiary/aromatic N) is 1. The van der Waals surface area contributed by atoms with E-state index in [1.54, 1.807) is 0 Å². The fourth-order valence-electron chi connectivity index (χ4n) is 4.05. The maximum atomic E-state index is 12.3. The first-order valence-corrected chi connectivity index (χ1v) is 9.66. The van der Waals surface area contributed by atoms with E-state index in [1.807, 2.05) is 12.1 Å². The molecule has 3 N–H and O–H groups in total. The molecule has 1 saturated carbocycles. The van der Waals surface area contributed by atoms with Crippen LogP contribution in [0.4, 0.5) is 11.4 Å². The van der Waals surface area contributed by atoms with Crippen LogP contribution in [0.2, 0.25) is 0 Å². The summed E-state index contributed by atoms with van der Waals surface area (Å²) in [6, 6.07) is 5.96. The SMILES string of the molecule is CC1CCCCC1OCCNC(=O)CN1CCCc2c(N)cccc21. The quantitative estimate of drug-likeness (QED) is 0.614. The van der Waals surface area contributed by atoms with Crippen molar-refractivity contribution < 1.29 is 9.53 Å². The van der Waals surface area contributed by atoms with Crippen LogP contribution in [0.15, 0.2) is 18.2 Å². The summed E-state index contributed by atoms with van der Waals surface area (Å²) in [7, 11) is 0. The molecule has 2 aliphatic rings. The molecule has 0 bridgehead atoms. The summed E-state index contributed by atoms with van der Waals surface area (Å²) >= 11 is 0. The van der Waals surface area contributed by atoms with Crippen LogP contribution in [0.3, 0.4) is 0 Å². The molecule has 1 aliphatic heterocycles. The van der Waals surface area contributed by atoms with Crippen LogP contribution in [0.5, 0.6) is 0 Å². The van der Waals surface area contributed by atoms with Crippen molar-refractivity contribution in [3.05, 3.63) is 23.8 Å². The Hall–Kier alpha value is -1.75. The highest BCUT2D eigenvalue weighted by atomic mass is 16.5. The summed E-state index contributed by atoms with van der Waals surface area (Å²) in [5.74, 6) is 0.690. The molecule has 1 aliphatic carbocycles. The lowest BCUT2D eigenvalue weighted by atomic mass is 9.88. The molecule has 138 valence electrons. The predicted octanol–water partition coefficient (Wildman–Crippen LogP) is 2.73. The van der Waals surface area contributed by atoms with Gasteiger partial charge >= 0.3 is 0 Å². The second kappa shape index (κ2) is 8.56. The van der Waals surface area contributed by atoms with E-state index in [2.05, 4.69) is 23.2 Å². The van der Waals surface area contributed by atoms with Gasteiger partial charge in [0.2, 0.25) is 5.91 Å². The highest BCUT2D eigenvalue weighted by molar-refractivity contribution is 5.82. The number of carbonyl (C=O) groups excluding carboxylic acids is 1. The van der Waals surface area contributed by atoms with E-state index in [0.717, 1.165) is 37.2 Å². The molecule has 0 spiro atoms. The Morgan fingerprint density at radius 2 is 2.16 bits per heavy atom. The number of nitrogens with one attached hydrogen (secondary N) is 1. The van der Waals surface area contributed by atoms with Gasteiger partial charge in [-0.15, -0.1) is 0 Å². The average Bonchev–Trinajstić information content (AvgIpc) is 2.61. The van der Waals surface area contributed by atoms with Gasteiger partial charge in [-0.25, -0.2) is 0 Å². The number of nitrogens with two attached hydrogens (primary N) is 1. The number of nitrogen functional groups attached to an aromatic ring is 1. The van der Waals surface area contributed by atoms with Crippen molar-refractivity contribution >= 4 is 17.3 Å². The van der Waals surface area contributed by atoms with Crippen LogP contribution in [0.25, 0.3) is 0 Å². The van der Waals surface area contributed by atoms with Crippen molar-refractivity contribution in [2.45, 2.75) is 51.6 Å². The topological polar surface area (TPSA) is 67.6 Å². The lowest BCUT2D eigenvalue weighted by Crippen LogP contribution is -2.41. The van der Waals surface area contributed by atoms with Crippen LogP contribution in [0.1, 0.15) is 44.6 Å². The smallest absolute Gasteiger partial charge is 0.239 e. The monoisotopic (exact) mass is 345 g/mol. The molecule has 0 saturated heterocycles. The van der Waals surface area contributed by atoms with Gasteiger partial charge in [0.25, 0.3) is 0 Å². The molecule has 2 unspecified atom stereocenters. The minimum Gasteiger partial charge on any atom is -0.398 e. The summed E-state index contributed by atoms with van der Waals surface area (Å²) in [4.78, 5) is 14.4. The Morgan fingerprint density at radius 1 is 1.32 bits per heavy atom. The van der Waals surface area contributed by atoms with Gasteiger partial charge in [-0.3, -0.25) is 4.79 Å². The Bertz CT molecular complexity index is 590. The molecule has 0 radical (unpaired) electrons. The third-order valence-electron chi connectivity index (χ3n) is 5.51. The minimum atomic E-state index is 0.0515. The Morgan fingerprint density at radius 3 is 3.00 bits per heavy atom. The predicted molar refractivity (Wildman–Crippen MR) is 102 cm³/mol. The molecule has 5 heteroatoms. The number of benzene rings is 1. The Labute approximate surface area is 150 Å². The molecular formula is C20H31N3O2. The van der Waals surface area contributed by atoms with Gasteiger partial charge in [-0.1, -0.05) is 25.8 Å². The molecule has 1 aromatic carbocycles. The molecule has 1 aromatic rings. The minimum absolute atomic E-state index is 0.0515. The second-order valence-electron chi connectivity index (χ2n) is 7.39. The van der Waals surface area contributed by atoms with Crippen LogP contribution in [-0.2, 0) is 16.0 Å². The number of hydrogen-bond acceptors (Lipinski definition) is 4. The highest BCUT2D eigenvalue weighted by Crippen LogP contribution is 2.31. The van der Waals surface area contributed by atoms with E-state index in [1.165, 1.54) is 24.8 Å². The van der Waals surface area contributed by atoms with Crippen LogP contribution in [0, 0.1) is 5.92 Å². The van der Waals surface area contributed by atoms with E-state index in [4.69, 9.17) is 10.5 Å². The highest BCUT2D eigenvalue weighted by Gasteiger charge is 2.22. The van der Waals surface area contributed by atoms with Crippen molar-refractivity contribution in [2.24, 2.45) is 5.92 Å². The van der Waals surface area contributed by atoms with Gasteiger partial charge < -0.3 is 20.7 Å². The molecule has 3 rings (SSSR count). The largest absolute Gasteiger partial charge is 0.398 e. The molecule has 1 amide bonds. The van der Waals surface area contributed by atoms with E-state index >= 15 is 0 Å². The molecule has 0 aromatic heterocycles. The van der Waals surface area contributed by atoms with Crippen LogP contribution >= 0.6 is 0 Å². The first-order valence-electron chi connectivity index (χ1n) is 9.66. The van der Waals surface area contributed by atoms with Crippen molar-refractivity contribution in [1.29, 1.82) is 0 Å². The standard InChI is InChI=1S/C20H31N3O2/c1-15-6-2-3-10-19(15)25-13-11-22-20(24)14-23-12-5-7-16-17(21)8-4-9-18(16)23/h4,8-9,15,19H,2-3,5-7,10-14,21H2,1H3,(H,22,24). The number of rotatable bonds is 6. The fourth-order valence-corrected chi connectivity index (χ4v) is 4.05. The average molecular weight is 345 g/mol. The number of hydrogen-bond donors (Lipinski definition) is 2. The summed E-state index contributed by atoms with van der Waals surface area (Å²) in [6.07, 6.45) is 7.39. The lowest BCUT2D eigenvalue weighted by molar-refractivity contribution is -0.120. The number of anilines is 2. The van der Waals surface area contributed by atoms with Crippen molar-refractivity contribution in [3.63, 3.8) is 0 Å². The number of ether oxygens (including phenoxy) is 1. The fraction of sp³-hybridized carbons (Fsp3) is 0.650. The van der Waals surface area contributed by atoms with E-state index in [-0.39, 0.29) is 5.91 Å². The molecular weight excluding hydrogens is 314 g/mol. The van der Waals surface area contributed by atoms with E-state index < -0.39 is 0 Å². The van der Waals surface area contributed by atoms with Crippen molar-refractivity contribution in [3.8, 4) is 0 Å². The van der Waals surface area contributed by atoms with Crippen LogP contribution < -0.4 is 16.0 Å². The van der Waals surface area contributed by atoms with Crippen LogP contribution in [-0.4, -0.2) is 38.3 Å². The third-order valence-corrected chi connectivity index (χ3v) is 5.51. The zero-order chi connectivity index (χ0) is 17.6. The van der Waals surface area contributed by atoms with Gasteiger partial charge in [0.1, 0.15) is 0 Å². The van der Waals surface area contributed by atoms with Gasteiger partial charge in [-0.2, -0.15) is 0 Å². The number of amides is 1. The van der Waals surface area contributed by atoms with Crippen molar-refractivity contribution in [1.82, 2.24) is 5.32 Å². The summed E-state index contributed by atoms with van der Waals surface area (Å²) in [5, 5.41) is 2.99. The molecule has 5 nitrogen and oxygen atoms in total. The van der Waals surface area contributed by atoms with Gasteiger partial charge in [-0.05, 0) is 49.3 Å². The zero-order valence-corrected chi connectivity index (χ0v) is 15.3. The Kier molecular flexibility index (Phi) is 6.19.